The summed E-state index contributed by atoms with van der Waals surface area (Å²) in [4.78, 5) is 6.73. The molecule has 4 rings (SSSR count). The summed E-state index contributed by atoms with van der Waals surface area (Å²) in [6, 6.07) is 10.4. The van der Waals surface area contributed by atoms with Crippen LogP contribution in [0.15, 0.2) is 42.6 Å². The van der Waals surface area contributed by atoms with Crippen LogP contribution in [0, 0.1) is 17.6 Å². The van der Waals surface area contributed by atoms with Gasteiger partial charge in [0.1, 0.15) is 11.0 Å². The minimum absolute atomic E-state index is 0.295. The van der Waals surface area contributed by atoms with Gasteiger partial charge in [0.25, 0.3) is 0 Å². The Morgan fingerprint density at radius 1 is 1.00 bits per heavy atom. The summed E-state index contributed by atoms with van der Waals surface area (Å²) >= 11 is 0. The molecule has 0 spiro atoms. The van der Waals surface area contributed by atoms with Crippen LogP contribution in [0.4, 0.5) is 14.5 Å². The van der Waals surface area contributed by atoms with Crippen LogP contribution in [0.1, 0.15) is 27.2 Å². The predicted molar refractivity (Wildman–Crippen MR) is 119 cm³/mol. The van der Waals surface area contributed by atoms with Crippen molar-refractivity contribution in [3.63, 3.8) is 0 Å². The first kappa shape index (κ1) is 20.3. The number of aryl methyl sites for hydroxylation is 1. The van der Waals surface area contributed by atoms with Crippen LogP contribution in [-0.4, -0.2) is 27.9 Å². The predicted octanol–water partition coefficient (Wildman–Crippen LogP) is 5.94. The van der Waals surface area contributed by atoms with Crippen LogP contribution in [0.2, 0.25) is 0 Å². The van der Waals surface area contributed by atoms with Crippen molar-refractivity contribution in [3.8, 4) is 11.3 Å². The molecule has 4 aromatic rings. The van der Waals surface area contributed by atoms with Gasteiger partial charge in [-0.25, -0.2) is 13.8 Å². The lowest BCUT2D eigenvalue weighted by Crippen LogP contribution is -2.28. The fourth-order valence-electron chi connectivity index (χ4n) is 3.92. The molecule has 0 aliphatic carbocycles. The van der Waals surface area contributed by atoms with Crippen molar-refractivity contribution in [2.45, 2.75) is 27.2 Å². The van der Waals surface area contributed by atoms with E-state index < -0.39 is 5.82 Å². The molecule has 6 heteroatoms. The van der Waals surface area contributed by atoms with E-state index in [-0.39, 0.29) is 5.82 Å². The summed E-state index contributed by atoms with van der Waals surface area (Å²) in [7, 11) is 1.75. The highest BCUT2D eigenvalue weighted by Gasteiger charge is 2.15. The van der Waals surface area contributed by atoms with Gasteiger partial charge in [0.15, 0.2) is 11.6 Å². The van der Waals surface area contributed by atoms with Crippen molar-refractivity contribution in [1.29, 1.82) is 0 Å². The zero-order chi connectivity index (χ0) is 21.4. The average molecular weight is 408 g/mol. The molecule has 0 bridgehead atoms. The van der Waals surface area contributed by atoms with E-state index in [9.17, 15) is 4.39 Å². The Labute approximate surface area is 175 Å². The number of aromatic nitrogens is 3. The summed E-state index contributed by atoms with van der Waals surface area (Å²) in [5.74, 6) is -0.296. The second kappa shape index (κ2) is 8.01. The highest BCUT2D eigenvalue weighted by atomic mass is 19.1. The first-order valence-electron chi connectivity index (χ1n) is 10.3. The molecule has 0 aliphatic heterocycles. The number of halogens is 2. The average Bonchev–Trinajstić information content (AvgIpc) is 3.08. The largest absolute Gasteiger partial charge is 0.371 e. The molecule has 0 unspecified atom stereocenters. The van der Waals surface area contributed by atoms with E-state index in [1.807, 2.05) is 24.3 Å². The SMILES string of the molecule is CCCN(CC(C)C)c1cc(F)c2nc(-c3cc(F)c4nn(C)cc4c3)ccc2c1. The van der Waals surface area contributed by atoms with Crippen LogP contribution in [-0.2, 0) is 7.05 Å². The smallest absolute Gasteiger partial charge is 0.151 e. The molecule has 0 saturated carbocycles. The van der Waals surface area contributed by atoms with Gasteiger partial charge in [-0.1, -0.05) is 26.8 Å². The molecule has 0 aliphatic rings. The summed E-state index contributed by atoms with van der Waals surface area (Å²) in [6.45, 7) is 8.18. The van der Waals surface area contributed by atoms with Crippen molar-refractivity contribution >= 4 is 27.5 Å². The second-order valence-corrected chi connectivity index (χ2v) is 8.23. The van der Waals surface area contributed by atoms with Crippen LogP contribution in [0.5, 0.6) is 0 Å². The Balaban J connectivity index is 1.77. The fourth-order valence-corrected chi connectivity index (χ4v) is 3.92. The third-order valence-electron chi connectivity index (χ3n) is 5.15. The maximum Gasteiger partial charge on any atom is 0.151 e. The Morgan fingerprint density at radius 2 is 1.77 bits per heavy atom. The number of rotatable bonds is 6. The molecule has 2 heterocycles. The first-order valence-corrected chi connectivity index (χ1v) is 10.3. The van der Waals surface area contributed by atoms with Crippen molar-refractivity contribution in [3.05, 3.63) is 54.2 Å². The monoisotopic (exact) mass is 408 g/mol. The maximum atomic E-state index is 15.0. The molecule has 0 atom stereocenters. The molecule has 156 valence electrons. The van der Waals surface area contributed by atoms with Crippen molar-refractivity contribution in [2.75, 3.05) is 18.0 Å². The third-order valence-corrected chi connectivity index (χ3v) is 5.15. The Bertz CT molecular complexity index is 1210. The van der Waals surface area contributed by atoms with Crippen LogP contribution in [0.3, 0.4) is 0 Å². The molecule has 0 radical (unpaired) electrons. The lowest BCUT2D eigenvalue weighted by Gasteiger charge is -2.26. The van der Waals surface area contributed by atoms with Gasteiger partial charge in [-0.3, -0.25) is 4.68 Å². The standard InChI is InChI=1S/C24H26F2N4/c1-5-8-30(13-15(2)3)19-10-16-6-7-22(27-23(16)21(26)12-19)17-9-18-14-29(4)28-24(18)20(25)11-17/h6-7,9-12,14-15H,5,8,13H2,1-4H3. The van der Waals surface area contributed by atoms with Gasteiger partial charge in [-0.15, -0.1) is 0 Å². The van der Waals surface area contributed by atoms with E-state index in [1.165, 1.54) is 6.07 Å². The molecule has 2 aromatic carbocycles. The topological polar surface area (TPSA) is 34.0 Å². The fraction of sp³-hybridized carbons (Fsp3) is 0.333. The number of benzene rings is 2. The Hall–Kier alpha value is -3.02. The molecular weight excluding hydrogens is 382 g/mol. The molecule has 30 heavy (non-hydrogen) atoms. The Kier molecular flexibility index (Phi) is 5.41. The zero-order valence-corrected chi connectivity index (χ0v) is 17.8. The number of anilines is 1. The van der Waals surface area contributed by atoms with Gasteiger partial charge in [0.05, 0.1) is 5.69 Å². The van der Waals surface area contributed by atoms with E-state index in [2.05, 4.69) is 35.8 Å². The van der Waals surface area contributed by atoms with E-state index in [4.69, 9.17) is 0 Å². The summed E-state index contributed by atoms with van der Waals surface area (Å²) in [6.07, 6.45) is 2.75. The zero-order valence-electron chi connectivity index (χ0n) is 17.8. The van der Waals surface area contributed by atoms with E-state index in [0.717, 1.165) is 30.6 Å². The minimum Gasteiger partial charge on any atom is -0.371 e. The molecular formula is C24H26F2N4. The van der Waals surface area contributed by atoms with Crippen molar-refractivity contribution in [2.24, 2.45) is 13.0 Å². The number of pyridine rings is 1. The van der Waals surface area contributed by atoms with Gasteiger partial charge < -0.3 is 4.90 Å². The summed E-state index contributed by atoms with van der Waals surface area (Å²) in [5, 5.41) is 5.56. The lowest BCUT2D eigenvalue weighted by atomic mass is 10.1. The van der Waals surface area contributed by atoms with Gasteiger partial charge in [-0.2, -0.15) is 5.10 Å². The van der Waals surface area contributed by atoms with Gasteiger partial charge in [0, 0.05) is 48.4 Å². The van der Waals surface area contributed by atoms with Gasteiger partial charge >= 0.3 is 0 Å². The van der Waals surface area contributed by atoms with Gasteiger partial charge in [0.2, 0.25) is 0 Å². The quantitative estimate of drug-likeness (QED) is 0.396. The molecule has 2 aromatic heterocycles. The highest BCUT2D eigenvalue weighted by molar-refractivity contribution is 5.88. The molecule has 0 saturated heterocycles. The first-order chi connectivity index (χ1) is 14.4. The van der Waals surface area contributed by atoms with Crippen molar-refractivity contribution < 1.29 is 8.78 Å². The van der Waals surface area contributed by atoms with Crippen LogP contribution in [0.25, 0.3) is 33.1 Å². The summed E-state index contributed by atoms with van der Waals surface area (Å²) in [5.41, 5.74) is 2.62. The lowest BCUT2D eigenvalue weighted by molar-refractivity contribution is 0.601. The number of nitrogens with zero attached hydrogens (tertiary/aromatic N) is 4. The molecule has 4 nitrogen and oxygen atoms in total. The number of fused-ring (bicyclic) bond motifs is 2. The molecule has 0 fully saturated rings. The molecule has 0 amide bonds. The second-order valence-electron chi connectivity index (χ2n) is 8.23. The highest BCUT2D eigenvalue weighted by Crippen LogP contribution is 2.30. The minimum atomic E-state index is -0.412. The Morgan fingerprint density at radius 3 is 2.50 bits per heavy atom. The third kappa shape index (κ3) is 3.86. The van der Waals surface area contributed by atoms with E-state index in [1.54, 1.807) is 24.0 Å². The van der Waals surface area contributed by atoms with Gasteiger partial charge in [-0.05, 0) is 42.7 Å². The molecule has 0 N–H and O–H groups in total. The van der Waals surface area contributed by atoms with E-state index >= 15 is 4.39 Å². The van der Waals surface area contributed by atoms with E-state index in [0.29, 0.717) is 33.6 Å². The normalized spacial score (nSPS) is 11.7. The number of hydrogen-bond acceptors (Lipinski definition) is 3. The van der Waals surface area contributed by atoms with Crippen molar-refractivity contribution in [1.82, 2.24) is 14.8 Å². The maximum absolute atomic E-state index is 15.0. The van der Waals surface area contributed by atoms with Crippen LogP contribution < -0.4 is 4.90 Å². The van der Waals surface area contributed by atoms with Crippen LogP contribution >= 0.6 is 0 Å². The summed E-state index contributed by atoms with van der Waals surface area (Å²) < 4.78 is 31.1. The number of hydrogen-bond donors (Lipinski definition) is 0.